The van der Waals surface area contributed by atoms with E-state index >= 15 is 0 Å². The van der Waals surface area contributed by atoms with Crippen LogP contribution in [0.3, 0.4) is 0 Å². The highest BCUT2D eigenvalue weighted by Gasteiger charge is 2.10. The Labute approximate surface area is 277 Å². The second-order valence-corrected chi connectivity index (χ2v) is 13.0. The molecule has 0 radical (unpaired) electrons. The zero-order valence-electron chi connectivity index (χ0n) is 30.3. The minimum atomic E-state index is 0.188. The molecule has 0 N–H and O–H groups in total. The Balaban J connectivity index is 3.58. The minimum Gasteiger partial charge on any atom is -0.379 e. The van der Waals surface area contributed by atoms with Gasteiger partial charge in [-0.25, -0.2) is 0 Å². The monoisotopic (exact) mass is 616 g/mol. The topological polar surface area (TPSA) is 21.7 Å². The van der Waals surface area contributed by atoms with E-state index in [1.165, 1.54) is 141 Å². The van der Waals surface area contributed by atoms with Gasteiger partial charge >= 0.3 is 0 Å². The Morgan fingerprint density at radius 3 is 1.27 bits per heavy atom. The van der Waals surface area contributed by atoms with Gasteiger partial charge in [0.15, 0.2) is 0 Å². The molecule has 258 valence electrons. The lowest BCUT2D eigenvalue weighted by Crippen LogP contribution is -2.32. The van der Waals surface area contributed by atoms with Gasteiger partial charge in [-0.3, -0.25) is 0 Å². The summed E-state index contributed by atoms with van der Waals surface area (Å²) in [6.45, 7) is 7.92. The molecular formula is C41H77NO2. The fourth-order valence-electron chi connectivity index (χ4n) is 5.31. The van der Waals surface area contributed by atoms with Crippen molar-refractivity contribution in [3.63, 3.8) is 0 Å². The average Bonchev–Trinajstić information content (AvgIpc) is 3.01. The van der Waals surface area contributed by atoms with Crippen molar-refractivity contribution in [3.05, 3.63) is 48.6 Å². The van der Waals surface area contributed by atoms with Crippen LogP contribution in [0, 0.1) is 0 Å². The molecule has 0 aromatic heterocycles. The summed E-state index contributed by atoms with van der Waals surface area (Å²) in [4.78, 5) is 2.22. The average molecular weight is 616 g/mol. The lowest BCUT2D eigenvalue weighted by molar-refractivity contribution is -0.0287. The van der Waals surface area contributed by atoms with Crippen LogP contribution in [-0.2, 0) is 9.47 Å². The van der Waals surface area contributed by atoms with E-state index in [9.17, 15) is 0 Å². The smallest absolute Gasteiger partial charge is 0.0934 e. The zero-order chi connectivity index (χ0) is 32.0. The molecule has 1 unspecified atom stereocenters. The molecule has 0 aliphatic heterocycles. The van der Waals surface area contributed by atoms with E-state index in [4.69, 9.17) is 9.47 Å². The fourth-order valence-corrected chi connectivity index (χ4v) is 5.31. The fraction of sp³-hybridized carbons (Fsp3) is 0.805. The Hall–Kier alpha value is -1.16. The van der Waals surface area contributed by atoms with Gasteiger partial charge in [-0.05, 0) is 91.1 Å². The lowest BCUT2D eigenvalue weighted by atomic mass is 10.1. The summed E-state index contributed by atoms with van der Waals surface area (Å²) in [7, 11) is 4.25. The summed E-state index contributed by atoms with van der Waals surface area (Å²) in [6, 6.07) is 0. The van der Waals surface area contributed by atoms with Gasteiger partial charge in [-0.15, -0.1) is 0 Å². The Bertz CT molecular complexity index is 651. The van der Waals surface area contributed by atoms with Crippen LogP contribution in [0.2, 0.25) is 0 Å². The highest BCUT2D eigenvalue weighted by atomic mass is 16.5. The molecule has 0 rings (SSSR count). The van der Waals surface area contributed by atoms with Crippen molar-refractivity contribution in [2.24, 2.45) is 0 Å². The molecule has 0 saturated heterocycles. The summed E-state index contributed by atoms with van der Waals surface area (Å²) in [5.41, 5.74) is 0. The van der Waals surface area contributed by atoms with Crippen molar-refractivity contribution in [3.8, 4) is 0 Å². The lowest BCUT2D eigenvalue weighted by Gasteiger charge is -2.21. The van der Waals surface area contributed by atoms with Gasteiger partial charge < -0.3 is 14.4 Å². The predicted molar refractivity (Wildman–Crippen MR) is 198 cm³/mol. The van der Waals surface area contributed by atoms with Crippen molar-refractivity contribution in [1.82, 2.24) is 4.90 Å². The molecule has 0 heterocycles. The first-order chi connectivity index (χ1) is 21.7. The second kappa shape index (κ2) is 38.0. The van der Waals surface area contributed by atoms with E-state index in [1.807, 2.05) is 0 Å². The maximum Gasteiger partial charge on any atom is 0.0934 e. The highest BCUT2D eigenvalue weighted by Crippen LogP contribution is 2.11. The van der Waals surface area contributed by atoms with Crippen molar-refractivity contribution in [1.29, 1.82) is 0 Å². The van der Waals surface area contributed by atoms with Gasteiger partial charge in [0, 0.05) is 19.8 Å². The van der Waals surface area contributed by atoms with Crippen LogP contribution in [0.1, 0.15) is 168 Å². The van der Waals surface area contributed by atoms with E-state index in [0.29, 0.717) is 0 Å². The third-order valence-corrected chi connectivity index (χ3v) is 8.06. The number of ether oxygens (including phenoxy) is 2. The van der Waals surface area contributed by atoms with Gasteiger partial charge in [0.2, 0.25) is 0 Å². The van der Waals surface area contributed by atoms with Crippen LogP contribution in [0.4, 0.5) is 0 Å². The number of allylic oxidation sites excluding steroid dienone is 8. The Kier molecular flexibility index (Phi) is 37.0. The number of likely N-dealkylation sites (N-methyl/N-ethyl adjacent to an activating group) is 1. The predicted octanol–water partition coefficient (Wildman–Crippen LogP) is 12.6. The van der Waals surface area contributed by atoms with Crippen LogP contribution in [0.5, 0.6) is 0 Å². The molecule has 3 heteroatoms. The molecule has 1 atom stereocenters. The van der Waals surface area contributed by atoms with E-state index in [-0.39, 0.29) is 6.10 Å². The van der Waals surface area contributed by atoms with Crippen LogP contribution in [0.15, 0.2) is 48.6 Å². The van der Waals surface area contributed by atoms with Crippen molar-refractivity contribution in [2.45, 2.75) is 174 Å². The number of hydrogen-bond acceptors (Lipinski definition) is 3. The first kappa shape index (κ1) is 42.8. The highest BCUT2D eigenvalue weighted by molar-refractivity contribution is 4.93. The van der Waals surface area contributed by atoms with Gasteiger partial charge in [0.05, 0.1) is 12.7 Å². The van der Waals surface area contributed by atoms with E-state index in [0.717, 1.165) is 39.2 Å². The number of nitrogens with zero attached hydrogens (tertiary/aromatic N) is 1. The van der Waals surface area contributed by atoms with Crippen molar-refractivity contribution < 1.29 is 9.47 Å². The Morgan fingerprint density at radius 2 is 0.841 bits per heavy atom. The van der Waals surface area contributed by atoms with Crippen LogP contribution >= 0.6 is 0 Å². The summed E-state index contributed by atoms with van der Waals surface area (Å²) in [6.07, 6.45) is 49.7. The third kappa shape index (κ3) is 37.0. The van der Waals surface area contributed by atoms with Crippen LogP contribution in [0.25, 0.3) is 0 Å². The number of hydrogen-bond donors (Lipinski definition) is 0. The molecule has 0 aromatic rings. The van der Waals surface area contributed by atoms with E-state index < -0.39 is 0 Å². The molecule has 3 nitrogen and oxygen atoms in total. The van der Waals surface area contributed by atoms with Crippen molar-refractivity contribution >= 4 is 0 Å². The molecular weight excluding hydrogens is 538 g/mol. The minimum absolute atomic E-state index is 0.188. The van der Waals surface area contributed by atoms with Gasteiger partial charge in [0.1, 0.15) is 0 Å². The molecule has 0 saturated carbocycles. The third-order valence-electron chi connectivity index (χ3n) is 8.06. The number of unbranched alkanes of at least 4 members (excludes halogenated alkanes) is 18. The normalized spacial score (nSPS) is 13.2. The number of rotatable bonds is 35. The summed E-state index contributed by atoms with van der Waals surface area (Å²) >= 11 is 0. The molecule has 44 heavy (non-hydrogen) atoms. The van der Waals surface area contributed by atoms with E-state index in [2.05, 4.69) is 81.5 Å². The zero-order valence-corrected chi connectivity index (χ0v) is 30.3. The Morgan fingerprint density at radius 1 is 0.455 bits per heavy atom. The summed E-state index contributed by atoms with van der Waals surface area (Å²) in [5, 5.41) is 0. The molecule has 0 bridgehead atoms. The maximum absolute atomic E-state index is 6.21. The first-order valence-corrected chi connectivity index (χ1v) is 19.1. The molecule has 0 aliphatic carbocycles. The first-order valence-electron chi connectivity index (χ1n) is 19.1. The second-order valence-electron chi connectivity index (χ2n) is 13.0. The van der Waals surface area contributed by atoms with Crippen molar-refractivity contribution in [2.75, 3.05) is 40.5 Å². The summed E-state index contributed by atoms with van der Waals surface area (Å²) < 4.78 is 12.2. The molecule has 0 aromatic carbocycles. The van der Waals surface area contributed by atoms with Crippen LogP contribution < -0.4 is 0 Å². The maximum atomic E-state index is 6.21. The SMILES string of the molecule is CCCCC/C=C\C/C=C\CCCCCCCCOCC(CN(C)C)OCCCCCCCC/C=C\C/C=C\CCCCC. The largest absolute Gasteiger partial charge is 0.379 e. The van der Waals surface area contributed by atoms with Crippen LogP contribution in [-0.4, -0.2) is 51.5 Å². The quantitative estimate of drug-likeness (QED) is 0.0523. The van der Waals surface area contributed by atoms with E-state index in [1.54, 1.807) is 0 Å². The van der Waals surface area contributed by atoms with Gasteiger partial charge in [0.25, 0.3) is 0 Å². The van der Waals surface area contributed by atoms with Gasteiger partial charge in [-0.2, -0.15) is 0 Å². The summed E-state index contributed by atoms with van der Waals surface area (Å²) in [5.74, 6) is 0. The molecule has 0 aliphatic rings. The standard InChI is InChI=1S/C41H77NO2/c1-5-7-9-11-13-15-17-19-21-23-25-27-29-31-33-35-37-43-40-41(39-42(3)4)44-38-36-34-32-30-28-26-24-22-20-18-16-14-12-10-8-6-2/h13-16,19-22,41H,5-12,17-18,23-40H2,1-4H3/b15-13-,16-14-,21-19-,22-20-. The molecule has 0 fully saturated rings. The van der Waals surface area contributed by atoms with Gasteiger partial charge in [-0.1, -0.05) is 140 Å². The molecule has 0 spiro atoms. The molecule has 0 amide bonds.